The van der Waals surface area contributed by atoms with Gasteiger partial charge in [-0.25, -0.2) is 4.98 Å². The van der Waals surface area contributed by atoms with Crippen LogP contribution in [0.4, 0.5) is 5.13 Å². The fraction of sp³-hybridized carbons (Fsp3) is 0.350. The van der Waals surface area contributed by atoms with Crippen molar-refractivity contribution in [2.75, 3.05) is 12.4 Å². The summed E-state index contributed by atoms with van der Waals surface area (Å²) in [6.45, 7) is 4.07. The minimum atomic E-state index is -0.313. The maximum Gasteiger partial charge on any atom is 0.259 e. The van der Waals surface area contributed by atoms with Crippen LogP contribution in [0.5, 0.6) is 5.75 Å². The van der Waals surface area contributed by atoms with E-state index in [1.54, 1.807) is 19.4 Å². The number of pyridine rings is 2. The number of hydrogen-bond donors (Lipinski definition) is 1. The molecule has 4 rings (SSSR count). The number of methoxy groups -OCH3 is 1. The van der Waals surface area contributed by atoms with Gasteiger partial charge in [-0.2, -0.15) is 0 Å². The molecule has 1 fully saturated rings. The summed E-state index contributed by atoms with van der Waals surface area (Å²) in [5, 5.41) is 13.0. The molecule has 3 heterocycles. The van der Waals surface area contributed by atoms with Gasteiger partial charge in [-0.05, 0) is 37.8 Å². The predicted molar refractivity (Wildman–Crippen MR) is 113 cm³/mol. The van der Waals surface area contributed by atoms with E-state index in [1.807, 2.05) is 13.0 Å². The second-order valence-electron chi connectivity index (χ2n) is 7.14. The number of anilines is 1. The van der Waals surface area contributed by atoms with Gasteiger partial charge in [0.2, 0.25) is 5.13 Å². The van der Waals surface area contributed by atoms with Crippen LogP contribution >= 0.6 is 22.9 Å². The van der Waals surface area contributed by atoms with E-state index in [0.29, 0.717) is 44.6 Å². The summed E-state index contributed by atoms with van der Waals surface area (Å²) >= 11 is 7.52. The zero-order valence-corrected chi connectivity index (χ0v) is 17.8. The number of amides is 1. The number of aromatic nitrogens is 4. The minimum Gasteiger partial charge on any atom is -0.494 e. The van der Waals surface area contributed by atoms with E-state index in [2.05, 4.69) is 32.4 Å². The van der Waals surface area contributed by atoms with Crippen molar-refractivity contribution in [2.45, 2.75) is 32.6 Å². The lowest BCUT2D eigenvalue weighted by molar-refractivity contribution is 0.102. The summed E-state index contributed by atoms with van der Waals surface area (Å²) < 4.78 is 5.41. The van der Waals surface area contributed by atoms with E-state index in [1.165, 1.54) is 24.0 Å². The van der Waals surface area contributed by atoms with Gasteiger partial charge >= 0.3 is 0 Å². The highest BCUT2D eigenvalue weighted by Crippen LogP contribution is 2.43. The predicted octanol–water partition coefficient (Wildman–Crippen LogP) is 4.73. The lowest BCUT2D eigenvalue weighted by Gasteiger charge is -2.31. The number of carbonyl (C=O) groups is 1. The molecule has 1 aliphatic rings. The smallest absolute Gasteiger partial charge is 0.259 e. The largest absolute Gasteiger partial charge is 0.494 e. The normalized spacial score (nSPS) is 18.2. The Morgan fingerprint density at radius 3 is 2.72 bits per heavy atom. The van der Waals surface area contributed by atoms with Crippen LogP contribution in [0.3, 0.4) is 0 Å². The third kappa shape index (κ3) is 3.95. The van der Waals surface area contributed by atoms with Crippen LogP contribution in [-0.4, -0.2) is 33.2 Å². The van der Waals surface area contributed by atoms with Crippen LogP contribution in [0.2, 0.25) is 5.15 Å². The van der Waals surface area contributed by atoms with Gasteiger partial charge in [0.1, 0.15) is 15.9 Å². The van der Waals surface area contributed by atoms with Crippen LogP contribution in [0, 0.1) is 12.8 Å². The molecule has 2 atom stereocenters. The number of nitrogens with zero attached hydrogens (tertiary/aromatic N) is 4. The van der Waals surface area contributed by atoms with Crippen LogP contribution < -0.4 is 10.1 Å². The number of nitrogens with one attached hydrogen (secondary N) is 1. The Morgan fingerprint density at radius 1 is 1.21 bits per heavy atom. The molecular formula is C20H20ClN5O2S. The van der Waals surface area contributed by atoms with Crippen molar-refractivity contribution >= 4 is 34.0 Å². The summed E-state index contributed by atoms with van der Waals surface area (Å²) in [5.74, 6) is 1.26. The molecule has 0 aliphatic heterocycles. The van der Waals surface area contributed by atoms with Crippen LogP contribution in [0.15, 0.2) is 24.5 Å². The van der Waals surface area contributed by atoms with E-state index in [9.17, 15) is 4.79 Å². The van der Waals surface area contributed by atoms with Gasteiger partial charge in [-0.3, -0.25) is 15.1 Å². The van der Waals surface area contributed by atoms with Crippen molar-refractivity contribution in [2.24, 2.45) is 5.92 Å². The Bertz CT molecular complexity index is 1070. The monoisotopic (exact) mass is 429 g/mol. The van der Waals surface area contributed by atoms with Crippen LogP contribution in [-0.2, 0) is 0 Å². The molecule has 1 saturated carbocycles. The summed E-state index contributed by atoms with van der Waals surface area (Å²) in [4.78, 5) is 21.4. The summed E-state index contributed by atoms with van der Waals surface area (Å²) in [7, 11) is 1.55. The molecule has 1 amide bonds. The Labute approximate surface area is 177 Å². The molecule has 0 unspecified atom stereocenters. The van der Waals surface area contributed by atoms with E-state index in [0.717, 1.165) is 17.1 Å². The Balaban J connectivity index is 1.65. The highest BCUT2D eigenvalue weighted by atomic mass is 35.5. The molecule has 29 heavy (non-hydrogen) atoms. The molecule has 9 heteroatoms. The maximum absolute atomic E-state index is 13.0. The molecule has 1 aliphatic carbocycles. The average Bonchev–Trinajstić information content (AvgIpc) is 3.13. The van der Waals surface area contributed by atoms with Gasteiger partial charge in [-0.15, -0.1) is 10.2 Å². The molecule has 150 valence electrons. The van der Waals surface area contributed by atoms with Crippen molar-refractivity contribution in [1.82, 2.24) is 20.2 Å². The zero-order valence-electron chi connectivity index (χ0n) is 16.3. The first-order valence-corrected chi connectivity index (χ1v) is 10.5. The highest BCUT2D eigenvalue weighted by molar-refractivity contribution is 7.15. The Hall–Kier alpha value is -2.58. The third-order valence-electron chi connectivity index (χ3n) is 5.23. The quantitative estimate of drug-likeness (QED) is 0.589. The number of carbonyl (C=O) groups excluding carboxylic acids is 1. The van der Waals surface area contributed by atoms with Gasteiger partial charge in [0, 0.05) is 28.9 Å². The fourth-order valence-corrected chi connectivity index (χ4v) is 4.55. The topological polar surface area (TPSA) is 89.9 Å². The van der Waals surface area contributed by atoms with Gasteiger partial charge in [0.15, 0.2) is 0 Å². The second-order valence-corrected chi connectivity index (χ2v) is 8.54. The number of ether oxygens (including phenoxy) is 1. The average molecular weight is 430 g/mol. The molecular weight excluding hydrogens is 410 g/mol. The third-order valence-corrected chi connectivity index (χ3v) is 6.40. The molecule has 3 aromatic rings. The van der Waals surface area contributed by atoms with Crippen LogP contribution in [0.1, 0.15) is 46.7 Å². The standard InChI is InChI=1S/C20H20ClN5O2S/c1-10-4-5-12(10)19-25-26-20(29-19)24-18(27)15-8-22-11(2)6-13(15)14-7-17(21)23-9-16(14)28-3/h6-10,12H,4-5H2,1-3H3,(H,24,26,27)/t10-,12-/m0/s1. The summed E-state index contributed by atoms with van der Waals surface area (Å²) in [5.41, 5.74) is 2.49. The van der Waals surface area contributed by atoms with Crippen molar-refractivity contribution in [3.63, 3.8) is 0 Å². The molecule has 0 saturated heterocycles. The van der Waals surface area contributed by atoms with Crippen molar-refractivity contribution in [3.05, 3.63) is 45.9 Å². The van der Waals surface area contributed by atoms with Crippen molar-refractivity contribution in [1.29, 1.82) is 0 Å². The lowest BCUT2D eigenvalue weighted by atomic mass is 9.75. The maximum atomic E-state index is 13.0. The number of rotatable bonds is 5. The number of aryl methyl sites for hydroxylation is 1. The SMILES string of the molecule is COc1cnc(Cl)cc1-c1cc(C)ncc1C(=O)Nc1nnc([C@H]2CC[C@@H]2C)s1. The molecule has 0 radical (unpaired) electrons. The van der Waals surface area contributed by atoms with Gasteiger partial charge in [0.05, 0.1) is 18.9 Å². The summed E-state index contributed by atoms with van der Waals surface area (Å²) in [6, 6.07) is 3.50. The molecule has 0 bridgehead atoms. The van der Waals surface area contributed by atoms with Gasteiger partial charge in [0.25, 0.3) is 5.91 Å². The fourth-order valence-electron chi connectivity index (χ4n) is 3.39. The zero-order chi connectivity index (χ0) is 20.5. The first-order valence-electron chi connectivity index (χ1n) is 9.27. The molecule has 7 nitrogen and oxygen atoms in total. The summed E-state index contributed by atoms with van der Waals surface area (Å²) in [6.07, 6.45) is 5.41. The van der Waals surface area contributed by atoms with Gasteiger partial charge in [-0.1, -0.05) is 29.9 Å². The molecule has 3 aromatic heterocycles. The van der Waals surface area contributed by atoms with Gasteiger partial charge < -0.3 is 4.74 Å². The minimum absolute atomic E-state index is 0.310. The second kappa shape index (κ2) is 8.04. The molecule has 0 spiro atoms. The first-order chi connectivity index (χ1) is 14.0. The van der Waals surface area contributed by atoms with E-state index >= 15 is 0 Å². The Morgan fingerprint density at radius 2 is 2.03 bits per heavy atom. The van der Waals surface area contributed by atoms with E-state index in [-0.39, 0.29) is 5.91 Å². The molecule has 0 aromatic carbocycles. The Kier molecular flexibility index (Phi) is 5.47. The van der Waals surface area contributed by atoms with Crippen molar-refractivity contribution in [3.8, 4) is 16.9 Å². The number of halogens is 1. The lowest BCUT2D eigenvalue weighted by Crippen LogP contribution is -2.20. The first kappa shape index (κ1) is 19.7. The van der Waals surface area contributed by atoms with E-state index < -0.39 is 0 Å². The highest BCUT2D eigenvalue weighted by Gasteiger charge is 2.31. The molecule has 1 N–H and O–H groups in total. The number of hydrogen-bond acceptors (Lipinski definition) is 7. The van der Waals surface area contributed by atoms with Crippen molar-refractivity contribution < 1.29 is 9.53 Å². The van der Waals surface area contributed by atoms with E-state index in [4.69, 9.17) is 16.3 Å². The van der Waals surface area contributed by atoms with Crippen LogP contribution in [0.25, 0.3) is 11.1 Å².